The molecule has 6 heteroatoms. The Bertz CT molecular complexity index is 930. The Labute approximate surface area is 151 Å². The number of rotatable bonds is 5. The van der Waals surface area contributed by atoms with Gasteiger partial charge in [0.2, 0.25) is 5.91 Å². The van der Waals surface area contributed by atoms with E-state index in [0.717, 1.165) is 22.3 Å². The van der Waals surface area contributed by atoms with Gasteiger partial charge in [-0.2, -0.15) is 0 Å². The molecule has 1 saturated carbocycles. The molecule has 1 amide bonds. The zero-order valence-corrected chi connectivity index (χ0v) is 14.7. The van der Waals surface area contributed by atoms with E-state index < -0.39 is 0 Å². The van der Waals surface area contributed by atoms with E-state index in [0.29, 0.717) is 12.8 Å². The van der Waals surface area contributed by atoms with Crippen LogP contribution in [0.4, 0.5) is 0 Å². The molecule has 1 aromatic carbocycles. The number of nitrogens with zero attached hydrogens (tertiary/aromatic N) is 3. The smallest absolute Gasteiger partial charge is 0.240 e. The number of amides is 1. The first-order chi connectivity index (χ1) is 12.6. The van der Waals surface area contributed by atoms with Gasteiger partial charge in [-0.15, -0.1) is 0 Å². The molecule has 0 spiro atoms. The van der Waals surface area contributed by atoms with Crippen molar-refractivity contribution in [2.24, 2.45) is 5.92 Å². The Morgan fingerprint density at radius 1 is 1.35 bits per heavy atom. The fraction of sp³-hybridized carbons (Fsp3) is 0.350. The number of aliphatic hydroxyl groups excluding tert-OH is 1. The molecule has 1 fully saturated rings. The number of carbonyl (C=O) groups excluding carboxylic acids is 1. The monoisotopic (exact) mass is 350 g/mol. The van der Waals surface area contributed by atoms with Crippen LogP contribution in [0, 0.1) is 12.8 Å². The zero-order chi connectivity index (χ0) is 18.1. The Kier molecular flexibility index (Phi) is 4.42. The van der Waals surface area contributed by atoms with E-state index in [1.54, 1.807) is 12.4 Å². The minimum Gasteiger partial charge on any atom is -0.393 e. The second-order valence-electron chi connectivity index (χ2n) is 6.99. The van der Waals surface area contributed by atoms with Crippen LogP contribution < -0.4 is 5.32 Å². The van der Waals surface area contributed by atoms with Gasteiger partial charge in [0.25, 0.3) is 0 Å². The molecule has 2 heterocycles. The highest BCUT2D eigenvalue weighted by atomic mass is 16.3. The van der Waals surface area contributed by atoms with Crippen LogP contribution in [0.2, 0.25) is 0 Å². The standard InChI is InChI=1S/C20H22N4O2/c1-13-21-6-7-24(13)12-19(26)23-20(15-9-17(25)10-15)16-8-14-4-2-3-5-18(14)22-11-16/h2-8,11,15,17,20,25H,9-10,12H2,1H3,(H,23,26)/t15?,17?,20-/m1/s1. The zero-order valence-electron chi connectivity index (χ0n) is 14.7. The Balaban J connectivity index is 1.57. The van der Waals surface area contributed by atoms with Crippen molar-refractivity contribution in [3.8, 4) is 0 Å². The van der Waals surface area contributed by atoms with Crippen LogP contribution in [0.3, 0.4) is 0 Å². The topological polar surface area (TPSA) is 80.0 Å². The van der Waals surface area contributed by atoms with E-state index in [1.165, 1.54) is 0 Å². The summed E-state index contributed by atoms with van der Waals surface area (Å²) >= 11 is 0. The van der Waals surface area contributed by atoms with Crippen molar-refractivity contribution in [2.45, 2.75) is 38.5 Å². The third-order valence-corrected chi connectivity index (χ3v) is 5.15. The number of fused-ring (bicyclic) bond motifs is 1. The van der Waals surface area contributed by atoms with Gasteiger partial charge in [-0.1, -0.05) is 18.2 Å². The molecule has 6 nitrogen and oxygen atoms in total. The number of pyridine rings is 1. The van der Waals surface area contributed by atoms with E-state index >= 15 is 0 Å². The average molecular weight is 350 g/mol. The number of para-hydroxylation sites is 1. The highest BCUT2D eigenvalue weighted by Crippen LogP contribution is 2.38. The molecule has 134 valence electrons. The Morgan fingerprint density at radius 3 is 2.88 bits per heavy atom. The average Bonchev–Trinajstić information content (AvgIpc) is 3.01. The molecule has 0 saturated heterocycles. The molecule has 1 aliphatic carbocycles. The summed E-state index contributed by atoms with van der Waals surface area (Å²) in [6, 6.07) is 9.88. The summed E-state index contributed by atoms with van der Waals surface area (Å²) in [5, 5.41) is 13.9. The van der Waals surface area contributed by atoms with Crippen molar-refractivity contribution >= 4 is 16.8 Å². The quantitative estimate of drug-likeness (QED) is 0.740. The first-order valence-corrected chi connectivity index (χ1v) is 8.90. The lowest BCUT2D eigenvalue weighted by atomic mass is 9.75. The second-order valence-corrected chi connectivity index (χ2v) is 6.99. The largest absolute Gasteiger partial charge is 0.393 e. The summed E-state index contributed by atoms with van der Waals surface area (Å²) in [6.45, 7) is 2.11. The number of hydrogen-bond acceptors (Lipinski definition) is 4. The van der Waals surface area contributed by atoms with Gasteiger partial charge in [-0.05, 0) is 43.4 Å². The van der Waals surface area contributed by atoms with Gasteiger partial charge >= 0.3 is 0 Å². The first kappa shape index (κ1) is 16.7. The molecule has 1 aliphatic rings. The van der Waals surface area contributed by atoms with Crippen LogP contribution in [-0.4, -0.2) is 31.7 Å². The maximum atomic E-state index is 12.6. The van der Waals surface area contributed by atoms with Crippen molar-refractivity contribution in [3.05, 3.63) is 60.3 Å². The van der Waals surface area contributed by atoms with Gasteiger partial charge < -0.3 is 15.0 Å². The van der Waals surface area contributed by atoms with Gasteiger partial charge in [-0.25, -0.2) is 4.98 Å². The fourth-order valence-corrected chi connectivity index (χ4v) is 3.58. The van der Waals surface area contributed by atoms with Crippen LogP contribution in [0.15, 0.2) is 48.9 Å². The minimum atomic E-state index is -0.274. The first-order valence-electron chi connectivity index (χ1n) is 8.90. The summed E-state index contributed by atoms with van der Waals surface area (Å²) in [4.78, 5) is 21.3. The van der Waals surface area contributed by atoms with Gasteiger partial charge in [0.1, 0.15) is 12.4 Å². The number of carbonyl (C=O) groups is 1. The number of hydrogen-bond donors (Lipinski definition) is 2. The minimum absolute atomic E-state index is 0.0642. The summed E-state index contributed by atoms with van der Waals surface area (Å²) < 4.78 is 1.82. The summed E-state index contributed by atoms with van der Waals surface area (Å²) in [7, 11) is 0. The predicted octanol–water partition coefficient (Wildman–Crippen LogP) is 2.37. The molecule has 0 radical (unpaired) electrons. The highest BCUT2D eigenvalue weighted by Gasteiger charge is 2.36. The molecule has 0 unspecified atom stereocenters. The third-order valence-electron chi connectivity index (χ3n) is 5.15. The van der Waals surface area contributed by atoms with E-state index in [2.05, 4.69) is 21.4 Å². The van der Waals surface area contributed by atoms with Crippen molar-refractivity contribution in [1.29, 1.82) is 0 Å². The van der Waals surface area contributed by atoms with Gasteiger partial charge in [0, 0.05) is 24.0 Å². The second kappa shape index (κ2) is 6.88. The molecule has 0 aliphatic heterocycles. The van der Waals surface area contributed by atoms with Crippen LogP contribution >= 0.6 is 0 Å². The van der Waals surface area contributed by atoms with Gasteiger partial charge in [0.05, 0.1) is 17.7 Å². The van der Waals surface area contributed by atoms with E-state index in [4.69, 9.17) is 0 Å². The van der Waals surface area contributed by atoms with Crippen LogP contribution in [0.5, 0.6) is 0 Å². The van der Waals surface area contributed by atoms with Crippen LogP contribution in [-0.2, 0) is 11.3 Å². The Morgan fingerprint density at radius 2 is 2.15 bits per heavy atom. The molecule has 3 aromatic rings. The van der Waals surface area contributed by atoms with Crippen molar-refractivity contribution in [3.63, 3.8) is 0 Å². The number of imidazole rings is 1. The molecular formula is C20H22N4O2. The molecular weight excluding hydrogens is 328 g/mol. The molecule has 1 atom stereocenters. The summed E-state index contributed by atoms with van der Waals surface area (Å²) in [5.74, 6) is 0.967. The number of nitrogens with one attached hydrogen (secondary N) is 1. The molecule has 2 aromatic heterocycles. The highest BCUT2D eigenvalue weighted by molar-refractivity contribution is 5.80. The maximum absolute atomic E-state index is 12.6. The van der Waals surface area contributed by atoms with E-state index in [9.17, 15) is 9.90 Å². The normalized spacial score (nSPS) is 20.5. The third kappa shape index (κ3) is 3.32. The van der Waals surface area contributed by atoms with Crippen molar-refractivity contribution in [2.75, 3.05) is 0 Å². The van der Waals surface area contributed by atoms with Gasteiger partial charge in [-0.3, -0.25) is 9.78 Å². The van der Waals surface area contributed by atoms with E-state index in [-0.39, 0.29) is 30.5 Å². The fourth-order valence-electron chi connectivity index (χ4n) is 3.58. The van der Waals surface area contributed by atoms with Gasteiger partial charge in [0.15, 0.2) is 0 Å². The SMILES string of the molecule is Cc1nccn1CC(=O)N[C@@H](c1cnc2ccccc2c1)C1CC(O)C1. The van der Waals surface area contributed by atoms with Crippen LogP contribution in [0.25, 0.3) is 10.9 Å². The molecule has 26 heavy (non-hydrogen) atoms. The van der Waals surface area contributed by atoms with E-state index in [1.807, 2.05) is 42.0 Å². The van der Waals surface area contributed by atoms with Crippen molar-refractivity contribution < 1.29 is 9.90 Å². The Hall–Kier alpha value is -2.73. The lowest BCUT2D eigenvalue weighted by Gasteiger charge is -2.38. The number of aliphatic hydroxyl groups is 1. The molecule has 0 bridgehead atoms. The number of aromatic nitrogens is 3. The molecule has 4 rings (SSSR count). The lowest BCUT2D eigenvalue weighted by molar-refractivity contribution is -0.123. The predicted molar refractivity (Wildman–Crippen MR) is 98.3 cm³/mol. The molecule has 2 N–H and O–H groups in total. The van der Waals surface area contributed by atoms with Crippen molar-refractivity contribution in [1.82, 2.24) is 19.9 Å². The summed E-state index contributed by atoms with van der Waals surface area (Å²) in [6.07, 6.45) is 6.44. The van der Waals surface area contributed by atoms with Crippen LogP contribution in [0.1, 0.15) is 30.3 Å². The lowest BCUT2D eigenvalue weighted by Crippen LogP contribution is -2.42. The number of aryl methyl sites for hydroxylation is 1. The summed E-state index contributed by atoms with van der Waals surface area (Å²) in [5.41, 5.74) is 1.92. The maximum Gasteiger partial charge on any atom is 0.240 e. The number of benzene rings is 1.